The van der Waals surface area contributed by atoms with E-state index in [2.05, 4.69) is 20.1 Å². The molecule has 1 aliphatic heterocycles. The van der Waals surface area contributed by atoms with Crippen molar-refractivity contribution in [2.45, 2.75) is 108 Å². The van der Waals surface area contributed by atoms with Crippen LogP contribution in [0.15, 0.2) is 39.5 Å². The van der Waals surface area contributed by atoms with Crippen LogP contribution in [0.5, 0.6) is 0 Å². The van der Waals surface area contributed by atoms with Crippen LogP contribution in [0.25, 0.3) is 0 Å². The van der Waals surface area contributed by atoms with Crippen molar-refractivity contribution in [3.63, 3.8) is 0 Å². The van der Waals surface area contributed by atoms with Crippen LogP contribution in [0.2, 0.25) is 0 Å². The molecular formula is C31H43NO6. The van der Waals surface area contributed by atoms with Gasteiger partial charge in [0.2, 0.25) is 0 Å². The van der Waals surface area contributed by atoms with Gasteiger partial charge in [0.15, 0.2) is 0 Å². The van der Waals surface area contributed by atoms with Crippen LogP contribution < -0.4 is 0 Å². The lowest BCUT2D eigenvalue weighted by molar-refractivity contribution is -0.237. The van der Waals surface area contributed by atoms with Gasteiger partial charge in [-0.2, -0.15) is 0 Å². The van der Waals surface area contributed by atoms with Crippen LogP contribution in [-0.4, -0.2) is 57.5 Å². The average Bonchev–Trinajstić information content (AvgIpc) is 3.61. The van der Waals surface area contributed by atoms with E-state index in [1.807, 2.05) is 12.1 Å². The van der Waals surface area contributed by atoms with Crippen molar-refractivity contribution >= 4 is 12.2 Å². The number of cyclic esters (lactones) is 1. The Labute approximate surface area is 225 Å². The molecule has 7 nitrogen and oxygen atoms in total. The summed E-state index contributed by atoms with van der Waals surface area (Å²) >= 11 is 0. The van der Waals surface area contributed by atoms with Crippen LogP contribution in [-0.2, 0) is 16.0 Å². The van der Waals surface area contributed by atoms with Crippen LogP contribution in [0, 0.1) is 28.6 Å². The van der Waals surface area contributed by atoms with Gasteiger partial charge in [0.1, 0.15) is 12.4 Å². The first-order chi connectivity index (χ1) is 18.1. The Kier molecular flexibility index (Phi) is 6.44. The third kappa shape index (κ3) is 3.87. The third-order valence-corrected chi connectivity index (χ3v) is 11.6. The number of hydrogen-bond donors (Lipinski definition) is 3. The molecule has 208 valence electrons. The fourth-order valence-electron chi connectivity index (χ4n) is 9.50. The Morgan fingerprint density at radius 3 is 2.68 bits per heavy atom. The molecule has 1 unspecified atom stereocenters. The molecule has 3 N–H and O–H groups in total. The van der Waals surface area contributed by atoms with E-state index in [-0.39, 0.29) is 35.2 Å². The Morgan fingerprint density at radius 1 is 1.13 bits per heavy atom. The fraction of sp³-hybridized carbons (Fsp3) is 0.742. The minimum absolute atomic E-state index is 0.0465. The van der Waals surface area contributed by atoms with Crippen molar-refractivity contribution in [2.75, 3.05) is 6.61 Å². The molecule has 0 aromatic carbocycles. The number of aryl methyl sites for hydroxylation is 1. The Balaban J connectivity index is 1.30. The van der Waals surface area contributed by atoms with Gasteiger partial charge >= 0.3 is 5.97 Å². The zero-order valence-electron chi connectivity index (χ0n) is 22.8. The van der Waals surface area contributed by atoms with Gasteiger partial charge in [-0.1, -0.05) is 6.92 Å². The van der Waals surface area contributed by atoms with Gasteiger partial charge in [0.05, 0.1) is 23.6 Å². The molecule has 0 amide bonds. The highest BCUT2D eigenvalue weighted by atomic mass is 16.5. The van der Waals surface area contributed by atoms with Gasteiger partial charge in [-0.3, -0.25) is 4.99 Å². The Hall–Kier alpha value is -1.96. The van der Waals surface area contributed by atoms with E-state index < -0.39 is 22.7 Å². The van der Waals surface area contributed by atoms with Crippen LogP contribution >= 0.6 is 0 Å². The number of aliphatic imine (C=N–C) groups is 1. The number of fused-ring (bicyclic) bond motifs is 5. The number of furan rings is 1. The van der Waals surface area contributed by atoms with Gasteiger partial charge in [0.25, 0.3) is 0 Å². The number of ether oxygens (including phenoxy) is 1. The second kappa shape index (κ2) is 9.31. The lowest BCUT2D eigenvalue weighted by Gasteiger charge is -2.65. The van der Waals surface area contributed by atoms with Crippen molar-refractivity contribution in [1.29, 1.82) is 0 Å². The lowest BCUT2D eigenvalue weighted by atomic mass is 9.41. The first kappa shape index (κ1) is 26.3. The Bertz CT molecular complexity index is 1110. The standard InChI is InChI=1S/C31H43NO6/c1-20(5-6-23-4-3-15-37-23)32-19-29-12-7-22(33)17-30(29,35)13-9-26-25(29)8-11-28(2)24(10-14-31(26,28)36)21-16-27(34)38-18-21/h3-4,15-16,19-20,22,24-26,33,35-36H,5-14,17-18H2,1-2H3/t20?,22-,24+,25-,26+,28+,29-,30-,31-/m0/s1. The number of nitrogens with zero attached hydrogens (tertiary/aromatic N) is 1. The van der Waals surface area contributed by atoms with E-state index in [1.54, 1.807) is 12.3 Å². The first-order valence-corrected chi connectivity index (χ1v) is 14.7. The molecule has 1 aromatic rings. The van der Waals surface area contributed by atoms with E-state index in [1.165, 1.54) is 0 Å². The molecule has 7 heteroatoms. The Morgan fingerprint density at radius 2 is 1.95 bits per heavy atom. The maximum absolute atomic E-state index is 12.5. The largest absolute Gasteiger partial charge is 0.469 e. The average molecular weight is 526 g/mol. The minimum Gasteiger partial charge on any atom is -0.469 e. The van der Waals surface area contributed by atoms with Crippen molar-refractivity contribution in [2.24, 2.45) is 33.6 Å². The van der Waals surface area contributed by atoms with E-state index in [0.29, 0.717) is 38.7 Å². The van der Waals surface area contributed by atoms with E-state index in [9.17, 15) is 20.1 Å². The van der Waals surface area contributed by atoms with E-state index >= 15 is 0 Å². The predicted molar refractivity (Wildman–Crippen MR) is 142 cm³/mol. The fourth-order valence-corrected chi connectivity index (χ4v) is 9.50. The molecule has 0 spiro atoms. The van der Waals surface area contributed by atoms with Gasteiger partial charge in [-0.05, 0) is 100 Å². The molecule has 1 aromatic heterocycles. The number of aliphatic hydroxyl groups is 3. The normalized spacial score (nSPS) is 45.3. The van der Waals surface area contributed by atoms with Gasteiger partial charge in [-0.15, -0.1) is 0 Å². The molecule has 4 aliphatic carbocycles. The van der Waals surface area contributed by atoms with Crippen LogP contribution in [0.3, 0.4) is 0 Å². The molecule has 38 heavy (non-hydrogen) atoms. The van der Waals surface area contributed by atoms with Crippen LogP contribution in [0.1, 0.15) is 83.8 Å². The molecule has 0 bridgehead atoms. The second-order valence-electron chi connectivity index (χ2n) is 13.3. The maximum Gasteiger partial charge on any atom is 0.331 e. The number of carbonyl (C=O) groups excluding carboxylic acids is 1. The lowest BCUT2D eigenvalue weighted by Crippen LogP contribution is -2.68. The number of esters is 1. The number of aliphatic hydroxyl groups excluding tert-OH is 1. The molecule has 4 saturated carbocycles. The predicted octanol–water partition coefficient (Wildman–Crippen LogP) is 4.38. The summed E-state index contributed by atoms with van der Waals surface area (Å²) in [6, 6.07) is 3.96. The molecule has 2 heterocycles. The monoisotopic (exact) mass is 525 g/mol. The summed E-state index contributed by atoms with van der Waals surface area (Å²) in [5.74, 6) is 0.967. The molecule has 6 rings (SSSR count). The molecular weight excluding hydrogens is 482 g/mol. The maximum atomic E-state index is 12.5. The van der Waals surface area contributed by atoms with Gasteiger partial charge in [0, 0.05) is 42.0 Å². The topological polar surface area (TPSA) is 112 Å². The highest BCUT2D eigenvalue weighted by Gasteiger charge is 2.71. The molecule has 5 aliphatic rings. The third-order valence-electron chi connectivity index (χ3n) is 11.6. The van der Waals surface area contributed by atoms with E-state index in [4.69, 9.17) is 14.1 Å². The van der Waals surface area contributed by atoms with Gasteiger partial charge in [-0.25, -0.2) is 4.79 Å². The van der Waals surface area contributed by atoms with Crippen molar-refractivity contribution in [1.82, 2.24) is 0 Å². The summed E-state index contributed by atoms with van der Waals surface area (Å²) in [5, 5.41) is 35.3. The SMILES string of the molecule is CC(CCc1ccco1)N=C[C@]12CC[C@H](O)C[C@@]1(O)CC[C@@H]1[C@@H]2CC[C@]2(C)[C@@H](C3=CC(=O)OC3)CC[C@]12O. The quantitative estimate of drug-likeness (QED) is 0.375. The molecule has 9 atom stereocenters. The van der Waals surface area contributed by atoms with Gasteiger partial charge < -0.3 is 24.5 Å². The number of hydrogen-bond acceptors (Lipinski definition) is 7. The summed E-state index contributed by atoms with van der Waals surface area (Å²) in [4.78, 5) is 16.9. The summed E-state index contributed by atoms with van der Waals surface area (Å²) in [6.45, 7) is 4.67. The summed E-state index contributed by atoms with van der Waals surface area (Å²) in [7, 11) is 0. The first-order valence-electron chi connectivity index (χ1n) is 14.7. The number of rotatable bonds is 6. The van der Waals surface area contributed by atoms with Crippen molar-refractivity contribution in [3.8, 4) is 0 Å². The summed E-state index contributed by atoms with van der Waals surface area (Å²) in [5.41, 5.74) is -1.74. The van der Waals surface area contributed by atoms with E-state index in [0.717, 1.165) is 49.9 Å². The highest BCUT2D eigenvalue weighted by Crippen LogP contribution is 2.70. The zero-order chi connectivity index (χ0) is 26.8. The number of carbonyl (C=O) groups is 1. The molecule has 4 fully saturated rings. The zero-order valence-corrected chi connectivity index (χ0v) is 22.8. The summed E-state index contributed by atoms with van der Waals surface area (Å²) < 4.78 is 10.8. The minimum atomic E-state index is -1.02. The summed E-state index contributed by atoms with van der Waals surface area (Å²) in [6.07, 6.45) is 12.9. The smallest absolute Gasteiger partial charge is 0.331 e. The highest BCUT2D eigenvalue weighted by molar-refractivity contribution is 5.85. The molecule has 0 saturated heterocycles. The van der Waals surface area contributed by atoms with Crippen molar-refractivity contribution in [3.05, 3.63) is 35.8 Å². The van der Waals surface area contributed by atoms with Crippen molar-refractivity contribution < 1.29 is 29.3 Å². The van der Waals surface area contributed by atoms with Crippen LogP contribution in [0.4, 0.5) is 0 Å². The second-order valence-corrected chi connectivity index (χ2v) is 13.3. The molecule has 0 radical (unpaired) electrons.